The third-order valence-electron chi connectivity index (χ3n) is 6.02. The summed E-state index contributed by atoms with van der Waals surface area (Å²) < 4.78 is 20.8. The van der Waals surface area contributed by atoms with Crippen LogP contribution in [0.2, 0.25) is 0 Å². The van der Waals surface area contributed by atoms with Gasteiger partial charge in [0, 0.05) is 5.56 Å². The number of hydrogen-bond acceptors (Lipinski definition) is 2. The van der Waals surface area contributed by atoms with E-state index in [9.17, 15) is 9.18 Å². The maximum Gasteiger partial charge on any atom is 0.227 e. The zero-order valence-corrected chi connectivity index (χ0v) is 17.2. The number of benzene rings is 2. The van der Waals surface area contributed by atoms with Crippen LogP contribution in [0.15, 0.2) is 36.4 Å². The van der Waals surface area contributed by atoms with Gasteiger partial charge in [-0.1, -0.05) is 32.0 Å². The summed E-state index contributed by atoms with van der Waals surface area (Å²) in [5.41, 5.74) is 7.89. The highest BCUT2D eigenvalue weighted by Crippen LogP contribution is 2.39. The summed E-state index contributed by atoms with van der Waals surface area (Å²) in [5, 5.41) is 0. The largest absolute Gasteiger partial charge is 0.490 e. The van der Waals surface area contributed by atoms with E-state index in [0.29, 0.717) is 17.9 Å². The predicted octanol–water partition coefficient (Wildman–Crippen LogP) is 5.39. The van der Waals surface area contributed by atoms with Crippen LogP contribution in [-0.2, 0) is 16.6 Å². The minimum Gasteiger partial charge on any atom is -0.490 e. The lowest BCUT2D eigenvalue weighted by atomic mass is 9.82. The van der Waals surface area contributed by atoms with Gasteiger partial charge in [0.25, 0.3) is 0 Å². The molecule has 2 aromatic carbocycles. The lowest BCUT2D eigenvalue weighted by Crippen LogP contribution is -2.35. The molecule has 1 saturated carbocycles. The first-order valence-electron chi connectivity index (χ1n) is 10.1. The van der Waals surface area contributed by atoms with Crippen molar-refractivity contribution in [3.63, 3.8) is 0 Å². The zero-order valence-electron chi connectivity index (χ0n) is 17.2. The lowest BCUT2D eigenvalue weighted by molar-refractivity contribution is -0.122. The molecule has 0 saturated heterocycles. The van der Waals surface area contributed by atoms with Gasteiger partial charge in [-0.25, -0.2) is 4.39 Å². The predicted molar refractivity (Wildman–Crippen MR) is 111 cm³/mol. The van der Waals surface area contributed by atoms with E-state index in [2.05, 4.69) is 6.92 Å². The number of hydrogen-bond donors (Lipinski definition) is 1. The van der Waals surface area contributed by atoms with E-state index >= 15 is 0 Å². The first-order chi connectivity index (χ1) is 13.2. The fraction of sp³-hybridized carbons (Fsp3) is 0.458. The van der Waals surface area contributed by atoms with E-state index in [0.717, 1.165) is 41.7 Å². The molecule has 3 rings (SSSR count). The number of amides is 1. The highest BCUT2D eigenvalue weighted by atomic mass is 19.1. The van der Waals surface area contributed by atoms with Gasteiger partial charge in [-0.3, -0.25) is 4.79 Å². The SMILES string of the molecule is CCc1c(F)cccc1-c1cc(C(C)(C)C(N)=O)ccc1O[C@@H]1CCC(C)C1. The standard InChI is InChI=1S/C24H30FNO2/c1-5-18-19(7-6-8-21(18)25)20-14-16(24(3,4)23(26)27)10-12-22(20)28-17-11-9-15(2)13-17/h6-8,10,12,14-15,17H,5,9,11,13H2,1-4H3,(H2,26,27)/t15?,17-/m1/s1. The van der Waals surface area contributed by atoms with Crippen molar-refractivity contribution in [1.29, 1.82) is 0 Å². The van der Waals surface area contributed by atoms with Crippen molar-refractivity contribution in [1.82, 2.24) is 0 Å². The van der Waals surface area contributed by atoms with Gasteiger partial charge in [0.2, 0.25) is 5.91 Å². The van der Waals surface area contributed by atoms with Gasteiger partial charge >= 0.3 is 0 Å². The summed E-state index contributed by atoms with van der Waals surface area (Å²) in [6.45, 7) is 7.79. The minimum absolute atomic E-state index is 0.169. The van der Waals surface area contributed by atoms with Crippen LogP contribution in [0.1, 0.15) is 58.1 Å². The molecule has 1 fully saturated rings. The highest BCUT2D eigenvalue weighted by Gasteiger charge is 2.30. The molecule has 0 aliphatic heterocycles. The van der Waals surface area contributed by atoms with Crippen molar-refractivity contribution in [2.45, 2.75) is 64.9 Å². The van der Waals surface area contributed by atoms with E-state index in [1.165, 1.54) is 6.07 Å². The average molecular weight is 384 g/mol. The number of carbonyl (C=O) groups excluding carboxylic acids is 1. The molecular weight excluding hydrogens is 353 g/mol. The van der Waals surface area contributed by atoms with Gasteiger partial charge in [0.15, 0.2) is 0 Å². The normalized spacial score (nSPS) is 19.6. The van der Waals surface area contributed by atoms with E-state index in [4.69, 9.17) is 10.5 Å². The first-order valence-corrected chi connectivity index (χ1v) is 10.1. The third-order valence-corrected chi connectivity index (χ3v) is 6.02. The van der Waals surface area contributed by atoms with Gasteiger partial charge in [0.1, 0.15) is 11.6 Å². The van der Waals surface area contributed by atoms with Crippen LogP contribution in [0.3, 0.4) is 0 Å². The summed E-state index contributed by atoms with van der Waals surface area (Å²) >= 11 is 0. The molecule has 1 unspecified atom stereocenters. The Kier molecular flexibility index (Phi) is 5.78. The molecule has 4 heteroatoms. The van der Waals surface area contributed by atoms with Gasteiger partial charge < -0.3 is 10.5 Å². The van der Waals surface area contributed by atoms with Gasteiger partial charge in [-0.2, -0.15) is 0 Å². The second-order valence-electron chi connectivity index (χ2n) is 8.48. The molecule has 0 aromatic heterocycles. The van der Waals surface area contributed by atoms with Crippen LogP contribution < -0.4 is 10.5 Å². The topological polar surface area (TPSA) is 52.3 Å². The van der Waals surface area contributed by atoms with Crippen LogP contribution in [-0.4, -0.2) is 12.0 Å². The van der Waals surface area contributed by atoms with Crippen LogP contribution in [0.5, 0.6) is 5.75 Å². The number of halogens is 1. The smallest absolute Gasteiger partial charge is 0.227 e. The van der Waals surface area contributed by atoms with Gasteiger partial charge in [-0.15, -0.1) is 0 Å². The Morgan fingerprint density at radius 3 is 2.57 bits per heavy atom. The second-order valence-corrected chi connectivity index (χ2v) is 8.48. The molecule has 0 radical (unpaired) electrons. The Balaban J connectivity index is 2.13. The third kappa shape index (κ3) is 3.91. The van der Waals surface area contributed by atoms with Crippen LogP contribution in [0.4, 0.5) is 4.39 Å². The molecule has 1 aliphatic rings. The molecule has 3 nitrogen and oxygen atoms in total. The highest BCUT2D eigenvalue weighted by molar-refractivity contribution is 5.87. The van der Waals surface area contributed by atoms with Crippen molar-refractivity contribution in [2.24, 2.45) is 11.7 Å². The number of carbonyl (C=O) groups is 1. The summed E-state index contributed by atoms with van der Waals surface area (Å²) in [7, 11) is 0. The lowest BCUT2D eigenvalue weighted by Gasteiger charge is -2.25. The van der Waals surface area contributed by atoms with Crippen molar-refractivity contribution < 1.29 is 13.9 Å². The average Bonchev–Trinajstić information content (AvgIpc) is 3.06. The Hall–Kier alpha value is -2.36. The molecule has 0 heterocycles. The summed E-state index contributed by atoms with van der Waals surface area (Å²) in [4.78, 5) is 12.0. The van der Waals surface area contributed by atoms with Crippen LogP contribution in [0.25, 0.3) is 11.1 Å². The number of primary amides is 1. The van der Waals surface area contributed by atoms with Gasteiger partial charge in [-0.05, 0) is 80.3 Å². The van der Waals surface area contributed by atoms with E-state index < -0.39 is 11.3 Å². The molecule has 28 heavy (non-hydrogen) atoms. The number of rotatable bonds is 6. The quantitative estimate of drug-likeness (QED) is 0.727. The maximum absolute atomic E-state index is 14.5. The summed E-state index contributed by atoms with van der Waals surface area (Å²) in [6, 6.07) is 10.9. The molecule has 150 valence electrons. The number of nitrogens with two attached hydrogens (primary N) is 1. The Morgan fingerprint density at radius 1 is 1.21 bits per heavy atom. The molecule has 1 amide bonds. The fourth-order valence-electron chi connectivity index (χ4n) is 3.99. The monoisotopic (exact) mass is 383 g/mol. The van der Waals surface area contributed by atoms with Crippen molar-refractivity contribution in [2.75, 3.05) is 0 Å². The van der Waals surface area contributed by atoms with Crippen molar-refractivity contribution >= 4 is 5.91 Å². The molecule has 2 aromatic rings. The molecule has 2 atom stereocenters. The minimum atomic E-state index is -0.825. The van der Waals surface area contributed by atoms with Crippen LogP contribution in [0, 0.1) is 11.7 Å². The van der Waals surface area contributed by atoms with Gasteiger partial charge in [0.05, 0.1) is 11.5 Å². The molecule has 0 spiro atoms. The summed E-state index contributed by atoms with van der Waals surface area (Å²) in [5.74, 6) is 0.775. The summed E-state index contributed by atoms with van der Waals surface area (Å²) in [6.07, 6.45) is 3.96. The fourth-order valence-corrected chi connectivity index (χ4v) is 3.99. The van der Waals surface area contributed by atoms with Crippen molar-refractivity contribution in [3.05, 3.63) is 53.3 Å². The van der Waals surface area contributed by atoms with E-state index in [-0.39, 0.29) is 11.9 Å². The Labute approximate surface area is 167 Å². The Morgan fingerprint density at radius 2 is 1.96 bits per heavy atom. The number of ether oxygens (including phenoxy) is 1. The Bertz CT molecular complexity index is 875. The maximum atomic E-state index is 14.5. The first kappa shape index (κ1) is 20.4. The molecule has 0 bridgehead atoms. The molecule has 1 aliphatic carbocycles. The van der Waals surface area contributed by atoms with E-state index in [1.807, 2.05) is 31.2 Å². The van der Waals surface area contributed by atoms with E-state index in [1.54, 1.807) is 19.9 Å². The molecule has 2 N–H and O–H groups in total. The van der Waals surface area contributed by atoms with Crippen molar-refractivity contribution in [3.8, 4) is 16.9 Å². The zero-order chi connectivity index (χ0) is 20.5. The van der Waals surface area contributed by atoms with Crippen LogP contribution >= 0.6 is 0 Å². The molecular formula is C24H30FNO2. The second kappa shape index (κ2) is 7.94.